The lowest BCUT2D eigenvalue weighted by Crippen LogP contribution is -2.32. The summed E-state index contributed by atoms with van der Waals surface area (Å²) in [5.74, 6) is 0.198. The van der Waals surface area contributed by atoms with Gasteiger partial charge in [-0.05, 0) is 37.0 Å². The molecule has 2 saturated heterocycles. The Kier molecular flexibility index (Phi) is 3.23. The molecular formula is C16H18BrNO3. The zero-order chi connectivity index (χ0) is 14.6. The first-order chi connectivity index (χ1) is 10.1. The largest absolute Gasteiger partial charge is 0.493 e. The highest BCUT2D eigenvalue weighted by Gasteiger charge is 2.49. The van der Waals surface area contributed by atoms with Gasteiger partial charge in [-0.2, -0.15) is 0 Å². The molecule has 3 aliphatic heterocycles. The highest BCUT2D eigenvalue weighted by molar-refractivity contribution is 9.10. The van der Waals surface area contributed by atoms with Crippen LogP contribution in [0.3, 0.4) is 0 Å². The Bertz CT molecular complexity index is 603. The van der Waals surface area contributed by atoms with Gasteiger partial charge in [-0.25, -0.2) is 0 Å². The second-order valence-corrected chi connectivity index (χ2v) is 7.22. The fourth-order valence-electron chi connectivity index (χ4n) is 4.27. The zero-order valence-corrected chi connectivity index (χ0v) is 13.3. The summed E-state index contributed by atoms with van der Waals surface area (Å²) in [4.78, 5) is 13.8. The molecule has 0 aliphatic carbocycles. The quantitative estimate of drug-likeness (QED) is 0.909. The van der Waals surface area contributed by atoms with Gasteiger partial charge >= 0.3 is 5.97 Å². The van der Waals surface area contributed by atoms with Crippen LogP contribution in [0.25, 0.3) is 0 Å². The predicted molar refractivity (Wildman–Crippen MR) is 81.4 cm³/mol. The number of nitrogens with zero attached hydrogens (tertiary/aromatic N) is 1. The van der Waals surface area contributed by atoms with E-state index in [1.807, 2.05) is 0 Å². The van der Waals surface area contributed by atoms with Gasteiger partial charge in [0.25, 0.3) is 0 Å². The van der Waals surface area contributed by atoms with Crippen LogP contribution < -0.4 is 4.74 Å². The van der Waals surface area contributed by atoms with Gasteiger partial charge in [0.2, 0.25) is 0 Å². The van der Waals surface area contributed by atoms with Crippen molar-refractivity contribution in [1.82, 2.24) is 4.90 Å². The lowest BCUT2D eigenvalue weighted by molar-refractivity contribution is -0.142. The molecule has 4 nitrogen and oxygen atoms in total. The van der Waals surface area contributed by atoms with E-state index in [9.17, 15) is 9.90 Å². The molecule has 0 saturated carbocycles. The lowest BCUT2D eigenvalue weighted by Gasteiger charge is -2.23. The van der Waals surface area contributed by atoms with E-state index < -0.39 is 5.97 Å². The average Bonchev–Trinajstić information content (AvgIpc) is 3.13. The number of ether oxygens (including phenoxy) is 1. The van der Waals surface area contributed by atoms with Crippen LogP contribution in [0.4, 0.5) is 0 Å². The van der Waals surface area contributed by atoms with Crippen LogP contribution in [0.1, 0.15) is 30.4 Å². The van der Waals surface area contributed by atoms with E-state index in [-0.39, 0.29) is 12.0 Å². The van der Waals surface area contributed by atoms with Crippen molar-refractivity contribution in [2.45, 2.75) is 44.3 Å². The number of halogens is 1. The highest BCUT2D eigenvalue weighted by Crippen LogP contribution is 2.44. The Morgan fingerprint density at radius 1 is 1.43 bits per heavy atom. The van der Waals surface area contributed by atoms with Crippen molar-refractivity contribution in [1.29, 1.82) is 0 Å². The second kappa shape index (κ2) is 4.99. The van der Waals surface area contributed by atoms with E-state index in [0.29, 0.717) is 6.04 Å². The summed E-state index contributed by atoms with van der Waals surface area (Å²) in [6, 6.07) is 4.87. The number of hydrogen-bond donors (Lipinski definition) is 1. The number of carbonyl (C=O) groups is 1. The summed E-state index contributed by atoms with van der Waals surface area (Å²) in [6.45, 7) is 1.56. The van der Waals surface area contributed by atoms with E-state index in [4.69, 9.17) is 4.74 Å². The van der Waals surface area contributed by atoms with Gasteiger partial charge in [-0.1, -0.05) is 15.9 Å². The molecule has 0 aromatic heterocycles. The Labute approximate surface area is 132 Å². The number of fused-ring (bicyclic) bond motifs is 3. The molecule has 4 rings (SSSR count). The molecule has 2 bridgehead atoms. The van der Waals surface area contributed by atoms with Crippen molar-refractivity contribution in [3.05, 3.63) is 27.7 Å². The van der Waals surface area contributed by atoms with E-state index in [1.165, 1.54) is 11.1 Å². The molecular weight excluding hydrogens is 334 g/mol. The van der Waals surface area contributed by atoms with Crippen LogP contribution >= 0.6 is 15.9 Å². The minimum absolute atomic E-state index is 0.190. The number of hydrogen-bond acceptors (Lipinski definition) is 3. The Hall–Kier alpha value is -1.07. The van der Waals surface area contributed by atoms with Crippen molar-refractivity contribution in [3.8, 4) is 5.75 Å². The van der Waals surface area contributed by atoms with E-state index >= 15 is 0 Å². The summed E-state index contributed by atoms with van der Waals surface area (Å²) in [7, 11) is 0. The molecule has 1 aromatic carbocycles. The van der Waals surface area contributed by atoms with E-state index in [1.54, 1.807) is 0 Å². The molecule has 0 radical (unpaired) electrons. The summed E-state index contributed by atoms with van der Waals surface area (Å²) >= 11 is 3.58. The maximum Gasteiger partial charge on any atom is 0.308 e. The SMILES string of the molecule is O=C(O)C1CC2CCC1N2Cc1cc(Br)cc2c1OCC2. The molecule has 112 valence electrons. The average molecular weight is 352 g/mol. The number of benzene rings is 1. The summed E-state index contributed by atoms with van der Waals surface area (Å²) < 4.78 is 6.88. The molecule has 0 amide bonds. The number of carboxylic acids is 1. The molecule has 2 fully saturated rings. The number of aliphatic carboxylic acids is 1. The molecule has 3 atom stereocenters. The van der Waals surface area contributed by atoms with Gasteiger partial charge in [-0.15, -0.1) is 0 Å². The van der Waals surface area contributed by atoms with Crippen molar-refractivity contribution in [2.24, 2.45) is 5.92 Å². The molecule has 21 heavy (non-hydrogen) atoms. The summed E-state index contributed by atoms with van der Waals surface area (Å²) in [5, 5.41) is 9.36. The summed E-state index contributed by atoms with van der Waals surface area (Å²) in [6.07, 6.45) is 3.91. The number of rotatable bonds is 3. The van der Waals surface area contributed by atoms with Gasteiger partial charge in [0.1, 0.15) is 5.75 Å². The van der Waals surface area contributed by atoms with Crippen LogP contribution in [0.2, 0.25) is 0 Å². The number of carboxylic acid groups (broad SMARTS) is 1. The highest BCUT2D eigenvalue weighted by atomic mass is 79.9. The Morgan fingerprint density at radius 2 is 2.29 bits per heavy atom. The first-order valence-electron chi connectivity index (χ1n) is 7.56. The monoisotopic (exact) mass is 351 g/mol. The third-order valence-electron chi connectivity index (χ3n) is 5.18. The van der Waals surface area contributed by atoms with Gasteiger partial charge in [-0.3, -0.25) is 9.69 Å². The normalized spacial score (nSPS) is 30.4. The van der Waals surface area contributed by atoms with Crippen LogP contribution in [0, 0.1) is 5.92 Å². The minimum atomic E-state index is -0.636. The molecule has 5 heteroatoms. The zero-order valence-electron chi connectivity index (χ0n) is 11.7. The van der Waals surface area contributed by atoms with Crippen LogP contribution in [0.15, 0.2) is 16.6 Å². The Balaban J connectivity index is 1.62. The maximum absolute atomic E-state index is 11.4. The predicted octanol–water partition coefficient (Wildman–Crippen LogP) is 2.82. The van der Waals surface area contributed by atoms with Crippen molar-refractivity contribution < 1.29 is 14.6 Å². The first kappa shape index (κ1) is 13.6. The fraction of sp³-hybridized carbons (Fsp3) is 0.562. The third-order valence-corrected chi connectivity index (χ3v) is 5.63. The van der Waals surface area contributed by atoms with Crippen molar-refractivity contribution in [2.75, 3.05) is 6.61 Å². The lowest BCUT2D eigenvalue weighted by atomic mass is 9.89. The summed E-state index contributed by atoms with van der Waals surface area (Å²) in [5.41, 5.74) is 2.46. The van der Waals surface area contributed by atoms with Crippen molar-refractivity contribution in [3.63, 3.8) is 0 Å². The van der Waals surface area contributed by atoms with Crippen LogP contribution in [0.5, 0.6) is 5.75 Å². The molecule has 3 aliphatic rings. The second-order valence-electron chi connectivity index (χ2n) is 6.30. The minimum Gasteiger partial charge on any atom is -0.493 e. The molecule has 0 spiro atoms. The van der Waals surface area contributed by atoms with Gasteiger partial charge in [0.05, 0.1) is 12.5 Å². The topological polar surface area (TPSA) is 49.8 Å². The Morgan fingerprint density at radius 3 is 3.05 bits per heavy atom. The third kappa shape index (κ3) is 2.18. The van der Waals surface area contributed by atoms with Crippen LogP contribution in [-0.4, -0.2) is 34.7 Å². The molecule has 3 unspecified atom stereocenters. The van der Waals surface area contributed by atoms with E-state index in [2.05, 4.69) is 33.0 Å². The first-order valence-corrected chi connectivity index (χ1v) is 8.35. The van der Waals surface area contributed by atoms with E-state index in [0.717, 1.165) is 49.1 Å². The molecule has 1 N–H and O–H groups in total. The van der Waals surface area contributed by atoms with Gasteiger partial charge in [0.15, 0.2) is 0 Å². The fourth-order valence-corrected chi connectivity index (χ4v) is 4.83. The maximum atomic E-state index is 11.4. The van der Waals surface area contributed by atoms with Gasteiger partial charge in [0, 0.05) is 35.1 Å². The van der Waals surface area contributed by atoms with Crippen molar-refractivity contribution >= 4 is 21.9 Å². The standard InChI is InChI=1S/C16H18BrNO3/c17-11-5-9-3-4-21-15(9)10(6-11)8-18-12-1-2-14(18)13(7-12)16(19)20/h5-6,12-14H,1-4,7-8H2,(H,19,20). The smallest absolute Gasteiger partial charge is 0.308 e. The van der Waals surface area contributed by atoms with Gasteiger partial charge < -0.3 is 9.84 Å². The van der Waals surface area contributed by atoms with Crippen LogP contribution in [-0.2, 0) is 17.8 Å². The molecule has 1 aromatic rings. The molecule has 3 heterocycles.